The Morgan fingerprint density at radius 1 is 1.38 bits per heavy atom. The van der Waals surface area contributed by atoms with Crippen LogP contribution in [0.5, 0.6) is 5.75 Å². The second kappa shape index (κ2) is 4.96. The molecule has 1 atom stereocenters. The van der Waals surface area contributed by atoms with Crippen LogP contribution < -0.4 is 5.32 Å². The van der Waals surface area contributed by atoms with Crippen molar-refractivity contribution >= 4 is 5.91 Å². The lowest BCUT2D eigenvalue weighted by atomic mass is 10.1. The molecule has 0 aliphatic heterocycles. The van der Waals surface area contributed by atoms with Crippen molar-refractivity contribution in [2.75, 3.05) is 0 Å². The fourth-order valence-corrected chi connectivity index (χ4v) is 1.14. The van der Waals surface area contributed by atoms with Crippen LogP contribution in [0, 0.1) is 11.7 Å². The van der Waals surface area contributed by atoms with Crippen molar-refractivity contribution < 1.29 is 14.3 Å². The molecule has 0 aliphatic rings. The van der Waals surface area contributed by atoms with Gasteiger partial charge in [0.25, 0.3) is 5.91 Å². The molecule has 0 bridgehead atoms. The third-order valence-electron chi connectivity index (χ3n) is 2.56. The first-order valence-corrected chi connectivity index (χ1v) is 5.21. The average molecular weight is 225 g/mol. The molecule has 0 heterocycles. The van der Waals surface area contributed by atoms with Gasteiger partial charge in [0.1, 0.15) is 11.6 Å². The summed E-state index contributed by atoms with van der Waals surface area (Å²) < 4.78 is 13.3. The molecule has 0 aromatic heterocycles. The van der Waals surface area contributed by atoms with Crippen molar-refractivity contribution in [1.29, 1.82) is 0 Å². The van der Waals surface area contributed by atoms with E-state index in [1.54, 1.807) is 0 Å². The van der Waals surface area contributed by atoms with Gasteiger partial charge in [0.05, 0.1) is 5.56 Å². The molecule has 0 radical (unpaired) electrons. The van der Waals surface area contributed by atoms with Crippen LogP contribution in [0.1, 0.15) is 31.1 Å². The Hall–Kier alpha value is -1.58. The maximum Gasteiger partial charge on any atom is 0.254 e. The zero-order valence-electron chi connectivity index (χ0n) is 9.62. The summed E-state index contributed by atoms with van der Waals surface area (Å²) in [6.07, 6.45) is 0. The fourth-order valence-electron chi connectivity index (χ4n) is 1.14. The molecule has 16 heavy (non-hydrogen) atoms. The van der Waals surface area contributed by atoms with Gasteiger partial charge in [-0.3, -0.25) is 4.79 Å². The Morgan fingerprint density at radius 2 is 2.00 bits per heavy atom. The molecule has 0 saturated carbocycles. The minimum absolute atomic E-state index is 0.0271. The van der Waals surface area contributed by atoms with Crippen LogP contribution in [0.3, 0.4) is 0 Å². The molecule has 0 saturated heterocycles. The van der Waals surface area contributed by atoms with E-state index < -0.39 is 11.7 Å². The normalized spacial score (nSPS) is 12.6. The number of phenolic OH excluding ortho intramolecular Hbond substituents is 1. The smallest absolute Gasteiger partial charge is 0.254 e. The number of phenols is 1. The summed E-state index contributed by atoms with van der Waals surface area (Å²) >= 11 is 0. The summed E-state index contributed by atoms with van der Waals surface area (Å²) in [4.78, 5) is 11.7. The highest BCUT2D eigenvalue weighted by Gasteiger charge is 2.15. The Kier molecular flexibility index (Phi) is 3.88. The number of hydrogen-bond acceptors (Lipinski definition) is 2. The number of halogens is 1. The lowest BCUT2D eigenvalue weighted by Gasteiger charge is -2.17. The van der Waals surface area contributed by atoms with Gasteiger partial charge in [-0.25, -0.2) is 4.39 Å². The summed E-state index contributed by atoms with van der Waals surface area (Å²) in [6.45, 7) is 5.80. The number of amides is 1. The van der Waals surface area contributed by atoms with E-state index >= 15 is 0 Å². The van der Waals surface area contributed by atoms with E-state index in [4.69, 9.17) is 5.11 Å². The van der Waals surface area contributed by atoms with E-state index in [1.165, 1.54) is 12.1 Å². The van der Waals surface area contributed by atoms with E-state index in [1.807, 2.05) is 20.8 Å². The first kappa shape index (κ1) is 12.5. The van der Waals surface area contributed by atoms with E-state index in [9.17, 15) is 9.18 Å². The lowest BCUT2D eigenvalue weighted by Crippen LogP contribution is -2.36. The van der Waals surface area contributed by atoms with E-state index in [0.717, 1.165) is 6.07 Å². The summed E-state index contributed by atoms with van der Waals surface area (Å²) in [5.41, 5.74) is -0.0506. The predicted octanol–water partition coefficient (Wildman–Crippen LogP) is 2.31. The second-order valence-corrected chi connectivity index (χ2v) is 4.17. The van der Waals surface area contributed by atoms with Gasteiger partial charge in [-0.1, -0.05) is 13.8 Å². The number of carbonyl (C=O) groups is 1. The van der Waals surface area contributed by atoms with Gasteiger partial charge in [0.2, 0.25) is 0 Å². The number of benzene rings is 1. The topological polar surface area (TPSA) is 49.3 Å². The molecule has 4 heteroatoms. The molecule has 1 aromatic rings. The van der Waals surface area contributed by atoms with Crippen LogP contribution in [-0.2, 0) is 0 Å². The third kappa shape index (κ3) is 2.95. The minimum atomic E-state index is -0.714. The summed E-state index contributed by atoms with van der Waals surface area (Å²) in [5, 5.41) is 11.7. The number of carbonyl (C=O) groups excluding carboxylic acids is 1. The molecule has 0 fully saturated rings. The maximum absolute atomic E-state index is 13.3. The third-order valence-corrected chi connectivity index (χ3v) is 2.56. The number of rotatable bonds is 3. The zero-order chi connectivity index (χ0) is 12.3. The van der Waals surface area contributed by atoms with Crippen LogP contribution in [0.25, 0.3) is 0 Å². The van der Waals surface area contributed by atoms with Gasteiger partial charge in [0.15, 0.2) is 0 Å². The van der Waals surface area contributed by atoms with Crippen molar-refractivity contribution in [3.8, 4) is 5.75 Å². The lowest BCUT2D eigenvalue weighted by molar-refractivity contribution is 0.0926. The molecule has 88 valence electrons. The molecule has 0 spiro atoms. The zero-order valence-corrected chi connectivity index (χ0v) is 9.62. The van der Waals surface area contributed by atoms with Crippen molar-refractivity contribution in [3.63, 3.8) is 0 Å². The molecular weight excluding hydrogens is 209 g/mol. The van der Waals surface area contributed by atoms with E-state index in [2.05, 4.69) is 5.32 Å². The van der Waals surface area contributed by atoms with E-state index in [0.29, 0.717) is 0 Å². The largest absolute Gasteiger partial charge is 0.508 e. The van der Waals surface area contributed by atoms with Crippen LogP contribution in [0.2, 0.25) is 0 Å². The number of nitrogens with one attached hydrogen (secondary N) is 1. The Balaban J connectivity index is 2.81. The van der Waals surface area contributed by atoms with Gasteiger partial charge in [0, 0.05) is 12.1 Å². The highest BCUT2D eigenvalue weighted by atomic mass is 19.1. The minimum Gasteiger partial charge on any atom is -0.508 e. The van der Waals surface area contributed by atoms with Gasteiger partial charge < -0.3 is 10.4 Å². The van der Waals surface area contributed by atoms with Crippen molar-refractivity contribution in [2.45, 2.75) is 26.8 Å². The Morgan fingerprint density at radius 3 is 2.50 bits per heavy atom. The SMILES string of the molecule is CC(C)C(C)NC(=O)c1ccc(O)cc1F. The number of hydrogen-bond donors (Lipinski definition) is 2. The Labute approximate surface area is 94.3 Å². The highest BCUT2D eigenvalue weighted by molar-refractivity contribution is 5.94. The highest BCUT2D eigenvalue weighted by Crippen LogP contribution is 2.15. The van der Waals surface area contributed by atoms with Crippen LogP contribution in [-0.4, -0.2) is 17.1 Å². The molecule has 1 unspecified atom stereocenters. The second-order valence-electron chi connectivity index (χ2n) is 4.17. The van der Waals surface area contributed by atoms with Crippen molar-refractivity contribution in [1.82, 2.24) is 5.32 Å². The molecule has 1 aromatic carbocycles. The fraction of sp³-hybridized carbons (Fsp3) is 0.417. The van der Waals surface area contributed by atoms with E-state index in [-0.39, 0.29) is 23.3 Å². The first-order valence-electron chi connectivity index (χ1n) is 5.21. The quantitative estimate of drug-likeness (QED) is 0.829. The first-order chi connectivity index (χ1) is 7.41. The van der Waals surface area contributed by atoms with Crippen LogP contribution >= 0.6 is 0 Å². The number of aromatic hydroxyl groups is 1. The van der Waals surface area contributed by atoms with Crippen molar-refractivity contribution in [2.24, 2.45) is 5.92 Å². The van der Waals surface area contributed by atoms with Gasteiger partial charge >= 0.3 is 0 Å². The molecule has 2 N–H and O–H groups in total. The summed E-state index contributed by atoms with van der Waals surface area (Å²) in [6, 6.07) is 3.46. The standard InChI is InChI=1S/C12H16FNO2/c1-7(2)8(3)14-12(16)10-5-4-9(15)6-11(10)13/h4-8,15H,1-3H3,(H,14,16). The molecule has 0 aliphatic carbocycles. The monoisotopic (exact) mass is 225 g/mol. The van der Waals surface area contributed by atoms with Gasteiger partial charge in [-0.2, -0.15) is 0 Å². The van der Waals surface area contributed by atoms with Crippen LogP contribution in [0.4, 0.5) is 4.39 Å². The summed E-state index contributed by atoms with van der Waals surface area (Å²) in [5.74, 6) is -1.08. The average Bonchev–Trinajstić information content (AvgIpc) is 2.16. The summed E-state index contributed by atoms with van der Waals surface area (Å²) in [7, 11) is 0. The molecule has 1 rings (SSSR count). The molecule has 3 nitrogen and oxygen atoms in total. The van der Waals surface area contributed by atoms with Crippen LogP contribution in [0.15, 0.2) is 18.2 Å². The van der Waals surface area contributed by atoms with Gasteiger partial charge in [-0.15, -0.1) is 0 Å². The Bertz CT molecular complexity index is 391. The predicted molar refractivity (Wildman–Crippen MR) is 59.8 cm³/mol. The van der Waals surface area contributed by atoms with Gasteiger partial charge in [-0.05, 0) is 25.0 Å². The maximum atomic E-state index is 13.3. The van der Waals surface area contributed by atoms with Crippen molar-refractivity contribution in [3.05, 3.63) is 29.6 Å². The molecular formula is C12H16FNO2. The molecule has 1 amide bonds.